The fourth-order valence-electron chi connectivity index (χ4n) is 1.87. The lowest BCUT2D eigenvalue weighted by atomic mass is 10.2. The molecule has 0 bridgehead atoms. The predicted octanol–water partition coefficient (Wildman–Crippen LogP) is 3.60. The molecule has 0 N–H and O–H groups in total. The molecule has 2 rings (SSSR count). The van der Waals surface area contributed by atoms with E-state index in [2.05, 4.69) is 48.7 Å². The van der Waals surface area contributed by atoms with Gasteiger partial charge < -0.3 is 4.90 Å². The van der Waals surface area contributed by atoms with E-state index in [0.717, 1.165) is 21.3 Å². The predicted molar refractivity (Wildman–Crippen MR) is 65.7 cm³/mol. The highest BCUT2D eigenvalue weighted by Crippen LogP contribution is 2.31. The van der Waals surface area contributed by atoms with Gasteiger partial charge >= 0.3 is 0 Å². The van der Waals surface area contributed by atoms with Gasteiger partial charge in [-0.15, -0.1) is 0 Å². The second kappa shape index (κ2) is 4.19. The van der Waals surface area contributed by atoms with Gasteiger partial charge in [0.15, 0.2) is 0 Å². The Kier molecular flexibility index (Phi) is 3.12. The first-order chi connectivity index (χ1) is 6.68. The molecule has 1 atom stereocenters. The van der Waals surface area contributed by atoms with Crippen LogP contribution >= 0.6 is 31.9 Å². The maximum Gasteiger partial charge on any atom is 0.143 e. The molecule has 2 nitrogen and oxygen atoms in total. The van der Waals surface area contributed by atoms with Gasteiger partial charge in [-0.3, -0.25) is 0 Å². The maximum absolute atomic E-state index is 4.44. The number of hydrogen-bond donors (Lipinski definition) is 0. The Morgan fingerprint density at radius 1 is 1.50 bits per heavy atom. The van der Waals surface area contributed by atoms with E-state index in [-0.39, 0.29) is 0 Å². The van der Waals surface area contributed by atoms with E-state index in [1.807, 2.05) is 12.3 Å². The fraction of sp³-hybridized carbons (Fsp3) is 0.500. The van der Waals surface area contributed by atoms with Crippen LogP contribution in [-0.2, 0) is 0 Å². The molecule has 1 aliphatic heterocycles. The van der Waals surface area contributed by atoms with Gasteiger partial charge in [-0.05, 0) is 57.7 Å². The summed E-state index contributed by atoms with van der Waals surface area (Å²) in [7, 11) is 0. The smallest absolute Gasteiger partial charge is 0.143 e. The number of hydrogen-bond acceptors (Lipinski definition) is 2. The number of pyridine rings is 1. The van der Waals surface area contributed by atoms with Gasteiger partial charge in [0.2, 0.25) is 0 Å². The number of halogens is 2. The molecule has 0 saturated carbocycles. The molecule has 0 spiro atoms. The van der Waals surface area contributed by atoms with Crippen LogP contribution in [0, 0.1) is 0 Å². The highest BCUT2D eigenvalue weighted by molar-refractivity contribution is 9.11. The fourth-order valence-corrected chi connectivity index (χ4v) is 3.08. The lowest BCUT2D eigenvalue weighted by molar-refractivity contribution is 0.726. The minimum Gasteiger partial charge on any atom is -0.353 e. The molecule has 1 aromatic heterocycles. The van der Waals surface area contributed by atoms with Gasteiger partial charge in [0.05, 0.1) is 4.47 Å². The Morgan fingerprint density at radius 2 is 2.29 bits per heavy atom. The molecule has 1 unspecified atom stereocenters. The van der Waals surface area contributed by atoms with E-state index in [9.17, 15) is 0 Å². The SMILES string of the molecule is CC1CCCN1c1ncc(Br)cc1Br. The van der Waals surface area contributed by atoms with Gasteiger partial charge in [0, 0.05) is 23.3 Å². The Balaban J connectivity index is 2.31. The molecule has 0 aliphatic carbocycles. The quantitative estimate of drug-likeness (QED) is 0.786. The van der Waals surface area contributed by atoms with Gasteiger partial charge in [-0.25, -0.2) is 4.98 Å². The molecule has 1 aromatic rings. The van der Waals surface area contributed by atoms with Crippen molar-refractivity contribution in [3.05, 3.63) is 21.2 Å². The largest absolute Gasteiger partial charge is 0.353 e. The van der Waals surface area contributed by atoms with Crippen molar-refractivity contribution in [3.8, 4) is 0 Å². The third kappa shape index (κ3) is 1.96. The van der Waals surface area contributed by atoms with Crippen LogP contribution in [-0.4, -0.2) is 17.6 Å². The molecular formula is C10H12Br2N2. The highest BCUT2D eigenvalue weighted by Gasteiger charge is 2.23. The zero-order valence-corrected chi connectivity index (χ0v) is 11.2. The van der Waals surface area contributed by atoms with Crippen LogP contribution in [0.25, 0.3) is 0 Å². The molecule has 1 saturated heterocycles. The summed E-state index contributed by atoms with van der Waals surface area (Å²) in [6, 6.07) is 2.66. The second-order valence-electron chi connectivity index (χ2n) is 3.64. The summed E-state index contributed by atoms with van der Waals surface area (Å²) in [5.41, 5.74) is 0. The van der Waals surface area contributed by atoms with Crippen LogP contribution < -0.4 is 4.90 Å². The first-order valence-corrected chi connectivity index (χ1v) is 6.35. The molecule has 4 heteroatoms. The number of nitrogens with zero attached hydrogens (tertiary/aromatic N) is 2. The van der Waals surface area contributed by atoms with Crippen LogP contribution in [0.4, 0.5) is 5.82 Å². The van der Waals surface area contributed by atoms with Crippen molar-refractivity contribution >= 4 is 37.7 Å². The van der Waals surface area contributed by atoms with Gasteiger partial charge in [0.1, 0.15) is 5.82 Å². The minimum absolute atomic E-state index is 0.611. The molecule has 2 heterocycles. The van der Waals surface area contributed by atoms with Crippen molar-refractivity contribution in [2.75, 3.05) is 11.4 Å². The Bertz CT molecular complexity index is 341. The van der Waals surface area contributed by atoms with E-state index < -0.39 is 0 Å². The van der Waals surface area contributed by atoms with Gasteiger partial charge in [0.25, 0.3) is 0 Å². The molecule has 1 fully saturated rings. The average Bonchev–Trinajstić information content (AvgIpc) is 2.52. The van der Waals surface area contributed by atoms with E-state index in [4.69, 9.17) is 0 Å². The van der Waals surface area contributed by atoms with Gasteiger partial charge in [-0.2, -0.15) is 0 Å². The molecule has 14 heavy (non-hydrogen) atoms. The third-order valence-electron chi connectivity index (χ3n) is 2.61. The topological polar surface area (TPSA) is 16.1 Å². The van der Waals surface area contributed by atoms with Crippen molar-refractivity contribution in [2.24, 2.45) is 0 Å². The Hall–Kier alpha value is -0.0900. The number of rotatable bonds is 1. The standard InChI is InChI=1S/C10H12Br2N2/c1-7-3-2-4-14(7)10-9(12)5-8(11)6-13-10/h5-7H,2-4H2,1H3. The lowest BCUT2D eigenvalue weighted by Crippen LogP contribution is -2.27. The van der Waals surface area contributed by atoms with Crippen molar-refractivity contribution in [2.45, 2.75) is 25.8 Å². The van der Waals surface area contributed by atoms with Crippen LogP contribution in [0.5, 0.6) is 0 Å². The number of anilines is 1. The molecule has 1 aliphatic rings. The van der Waals surface area contributed by atoms with Crippen molar-refractivity contribution in [3.63, 3.8) is 0 Å². The van der Waals surface area contributed by atoms with Crippen molar-refractivity contribution in [1.29, 1.82) is 0 Å². The zero-order chi connectivity index (χ0) is 10.1. The molecule has 0 aromatic carbocycles. The third-order valence-corrected chi connectivity index (χ3v) is 3.63. The lowest BCUT2D eigenvalue weighted by Gasteiger charge is -2.23. The average molecular weight is 320 g/mol. The maximum atomic E-state index is 4.44. The number of aromatic nitrogens is 1. The first kappa shape index (κ1) is 10.4. The van der Waals surface area contributed by atoms with Gasteiger partial charge in [-0.1, -0.05) is 0 Å². The van der Waals surface area contributed by atoms with Crippen molar-refractivity contribution in [1.82, 2.24) is 4.98 Å². The van der Waals surface area contributed by atoms with Crippen molar-refractivity contribution < 1.29 is 0 Å². The van der Waals surface area contributed by atoms with E-state index in [1.165, 1.54) is 12.8 Å². The van der Waals surface area contributed by atoms with Crippen LogP contribution in [0.3, 0.4) is 0 Å². The first-order valence-electron chi connectivity index (χ1n) is 4.76. The summed E-state index contributed by atoms with van der Waals surface area (Å²) >= 11 is 6.96. The molecular weight excluding hydrogens is 308 g/mol. The Labute approximate surface area is 101 Å². The van der Waals surface area contributed by atoms with Crippen LogP contribution in [0.15, 0.2) is 21.2 Å². The van der Waals surface area contributed by atoms with E-state index >= 15 is 0 Å². The minimum atomic E-state index is 0.611. The summed E-state index contributed by atoms with van der Waals surface area (Å²) in [6.07, 6.45) is 4.39. The summed E-state index contributed by atoms with van der Waals surface area (Å²) in [4.78, 5) is 6.80. The molecule has 0 radical (unpaired) electrons. The summed E-state index contributed by atoms with van der Waals surface area (Å²) < 4.78 is 2.08. The summed E-state index contributed by atoms with van der Waals surface area (Å²) in [5.74, 6) is 1.07. The normalized spacial score (nSPS) is 21.6. The van der Waals surface area contributed by atoms with Crippen LogP contribution in [0.1, 0.15) is 19.8 Å². The van der Waals surface area contributed by atoms with E-state index in [0.29, 0.717) is 6.04 Å². The highest BCUT2D eigenvalue weighted by atomic mass is 79.9. The second-order valence-corrected chi connectivity index (χ2v) is 5.41. The monoisotopic (exact) mass is 318 g/mol. The Morgan fingerprint density at radius 3 is 2.86 bits per heavy atom. The zero-order valence-electron chi connectivity index (χ0n) is 8.00. The summed E-state index contributed by atoms with van der Waals surface area (Å²) in [6.45, 7) is 3.37. The molecule has 0 amide bonds. The van der Waals surface area contributed by atoms with E-state index in [1.54, 1.807) is 0 Å². The summed E-state index contributed by atoms with van der Waals surface area (Å²) in [5, 5.41) is 0. The van der Waals surface area contributed by atoms with Crippen LogP contribution in [0.2, 0.25) is 0 Å². The molecule has 76 valence electrons.